The molecule has 1 saturated carbocycles. The van der Waals surface area contributed by atoms with Gasteiger partial charge in [-0.25, -0.2) is 9.97 Å². The zero-order valence-electron chi connectivity index (χ0n) is 12.3. The van der Waals surface area contributed by atoms with Crippen LogP contribution < -0.4 is 16.4 Å². The summed E-state index contributed by atoms with van der Waals surface area (Å²) in [5.74, 6) is 1.34. The number of nitrogens with one attached hydrogen (secondary N) is 2. The van der Waals surface area contributed by atoms with Crippen LogP contribution in [0.5, 0.6) is 0 Å². The van der Waals surface area contributed by atoms with E-state index in [1.807, 2.05) is 24.3 Å². The third kappa shape index (κ3) is 3.50. The average Bonchev–Trinajstić information content (AvgIpc) is 2.54. The van der Waals surface area contributed by atoms with E-state index in [1.54, 1.807) is 6.33 Å². The number of halogens is 1. The Morgan fingerprint density at radius 2 is 1.77 bits per heavy atom. The van der Waals surface area contributed by atoms with Gasteiger partial charge < -0.3 is 16.4 Å². The van der Waals surface area contributed by atoms with Gasteiger partial charge >= 0.3 is 0 Å². The van der Waals surface area contributed by atoms with Crippen molar-refractivity contribution in [3.8, 4) is 0 Å². The molecule has 3 rings (SSSR count). The molecular formula is C16H20BrN5. The molecule has 1 aliphatic rings. The predicted octanol–water partition coefficient (Wildman–Crippen LogP) is 4.31. The van der Waals surface area contributed by atoms with Crippen LogP contribution >= 0.6 is 15.9 Å². The quantitative estimate of drug-likeness (QED) is 0.756. The van der Waals surface area contributed by atoms with Crippen LogP contribution in [0.4, 0.5) is 23.0 Å². The zero-order valence-corrected chi connectivity index (χ0v) is 13.9. The highest BCUT2D eigenvalue weighted by molar-refractivity contribution is 9.10. The highest BCUT2D eigenvalue weighted by atomic mass is 79.9. The van der Waals surface area contributed by atoms with Crippen molar-refractivity contribution in [1.29, 1.82) is 0 Å². The molecule has 0 radical (unpaired) electrons. The van der Waals surface area contributed by atoms with Crippen LogP contribution in [0, 0.1) is 0 Å². The highest BCUT2D eigenvalue weighted by Gasteiger charge is 2.16. The molecule has 0 spiro atoms. The fourth-order valence-corrected chi connectivity index (χ4v) is 3.12. The maximum Gasteiger partial charge on any atom is 0.159 e. The Kier molecular flexibility index (Phi) is 4.77. The first-order valence-electron chi connectivity index (χ1n) is 7.62. The minimum atomic E-state index is 0.460. The molecule has 0 amide bonds. The predicted molar refractivity (Wildman–Crippen MR) is 94.4 cm³/mol. The van der Waals surface area contributed by atoms with E-state index in [0.29, 0.717) is 17.5 Å². The zero-order chi connectivity index (χ0) is 15.4. The van der Waals surface area contributed by atoms with Gasteiger partial charge in [0.2, 0.25) is 0 Å². The molecule has 1 aliphatic carbocycles. The minimum Gasteiger partial charge on any atom is -0.393 e. The lowest BCUT2D eigenvalue weighted by molar-refractivity contribution is 0.462. The Balaban J connectivity index is 1.78. The van der Waals surface area contributed by atoms with Crippen molar-refractivity contribution in [3.05, 3.63) is 35.1 Å². The van der Waals surface area contributed by atoms with Crippen molar-refractivity contribution in [1.82, 2.24) is 9.97 Å². The number of aromatic nitrogens is 2. The van der Waals surface area contributed by atoms with Gasteiger partial charge in [-0.2, -0.15) is 0 Å². The SMILES string of the molecule is Nc1c(Nc2ccccc2Br)ncnc1NC1CCCCC1. The van der Waals surface area contributed by atoms with Crippen LogP contribution in [0.15, 0.2) is 35.1 Å². The molecule has 22 heavy (non-hydrogen) atoms. The van der Waals surface area contributed by atoms with Crippen molar-refractivity contribution in [3.63, 3.8) is 0 Å². The monoisotopic (exact) mass is 361 g/mol. The summed E-state index contributed by atoms with van der Waals surface area (Å²) < 4.78 is 0.967. The Morgan fingerprint density at radius 3 is 2.55 bits per heavy atom. The van der Waals surface area contributed by atoms with Gasteiger partial charge in [0.1, 0.15) is 12.0 Å². The second-order valence-corrected chi connectivity index (χ2v) is 6.42. The summed E-state index contributed by atoms with van der Waals surface area (Å²) >= 11 is 3.51. The van der Waals surface area contributed by atoms with E-state index in [4.69, 9.17) is 5.73 Å². The largest absolute Gasteiger partial charge is 0.393 e. The summed E-state index contributed by atoms with van der Waals surface area (Å²) in [4.78, 5) is 8.56. The smallest absolute Gasteiger partial charge is 0.159 e. The third-order valence-corrected chi connectivity index (χ3v) is 4.65. The number of rotatable bonds is 4. The van der Waals surface area contributed by atoms with E-state index < -0.39 is 0 Å². The van der Waals surface area contributed by atoms with E-state index in [0.717, 1.165) is 16.0 Å². The van der Waals surface area contributed by atoms with Crippen LogP contribution in [0.3, 0.4) is 0 Å². The maximum atomic E-state index is 6.23. The fourth-order valence-electron chi connectivity index (χ4n) is 2.74. The summed E-state index contributed by atoms with van der Waals surface area (Å²) in [5, 5.41) is 6.72. The summed E-state index contributed by atoms with van der Waals surface area (Å²) in [5.41, 5.74) is 7.72. The highest BCUT2D eigenvalue weighted by Crippen LogP contribution is 2.31. The van der Waals surface area contributed by atoms with Gasteiger partial charge in [0.25, 0.3) is 0 Å². The van der Waals surface area contributed by atoms with E-state index in [1.165, 1.54) is 32.1 Å². The number of nitrogens with zero attached hydrogens (tertiary/aromatic N) is 2. The number of hydrogen-bond acceptors (Lipinski definition) is 5. The van der Waals surface area contributed by atoms with Crippen molar-refractivity contribution >= 4 is 38.9 Å². The molecule has 0 unspecified atom stereocenters. The molecule has 0 aliphatic heterocycles. The van der Waals surface area contributed by atoms with Crippen molar-refractivity contribution in [2.75, 3.05) is 16.4 Å². The van der Waals surface area contributed by atoms with E-state index in [9.17, 15) is 0 Å². The summed E-state index contributed by atoms with van der Waals surface area (Å²) in [6, 6.07) is 8.34. The number of anilines is 4. The first-order chi connectivity index (χ1) is 10.7. The van der Waals surface area contributed by atoms with Gasteiger partial charge in [0, 0.05) is 10.5 Å². The summed E-state index contributed by atoms with van der Waals surface area (Å²) in [6.07, 6.45) is 7.76. The van der Waals surface area contributed by atoms with Gasteiger partial charge in [-0.1, -0.05) is 31.4 Å². The van der Waals surface area contributed by atoms with Crippen LogP contribution in [-0.2, 0) is 0 Å². The molecule has 1 aromatic heterocycles. The second kappa shape index (κ2) is 6.96. The number of nitrogens with two attached hydrogens (primary N) is 1. The normalized spacial score (nSPS) is 15.5. The molecule has 1 heterocycles. The molecule has 1 fully saturated rings. The van der Waals surface area contributed by atoms with E-state index >= 15 is 0 Å². The molecule has 2 aromatic rings. The molecule has 0 saturated heterocycles. The Hall–Kier alpha value is -1.82. The molecule has 0 bridgehead atoms. The fraction of sp³-hybridized carbons (Fsp3) is 0.375. The number of benzene rings is 1. The van der Waals surface area contributed by atoms with Crippen LogP contribution in [-0.4, -0.2) is 16.0 Å². The molecule has 6 heteroatoms. The van der Waals surface area contributed by atoms with Gasteiger partial charge in [0.05, 0.1) is 5.69 Å². The average molecular weight is 362 g/mol. The summed E-state index contributed by atoms with van der Waals surface area (Å²) in [7, 11) is 0. The Labute approximate surface area is 138 Å². The van der Waals surface area contributed by atoms with Crippen molar-refractivity contribution in [2.45, 2.75) is 38.1 Å². The lowest BCUT2D eigenvalue weighted by Crippen LogP contribution is -2.23. The molecule has 1 aromatic carbocycles. The van der Waals surface area contributed by atoms with Gasteiger partial charge in [-0.15, -0.1) is 0 Å². The number of hydrogen-bond donors (Lipinski definition) is 3. The standard InChI is InChI=1S/C16H20BrN5/c17-12-8-4-5-9-13(12)22-16-14(18)15(19-10-20-16)21-11-6-2-1-3-7-11/h4-5,8-11H,1-3,6-7,18H2,(H2,19,20,21,22). The van der Waals surface area contributed by atoms with Gasteiger partial charge in [0.15, 0.2) is 11.6 Å². The minimum absolute atomic E-state index is 0.460. The topological polar surface area (TPSA) is 75.9 Å². The van der Waals surface area contributed by atoms with Crippen LogP contribution in [0.2, 0.25) is 0 Å². The van der Waals surface area contributed by atoms with Gasteiger partial charge in [-0.05, 0) is 40.9 Å². The number of nitrogen functional groups attached to an aromatic ring is 1. The number of para-hydroxylation sites is 1. The van der Waals surface area contributed by atoms with E-state index in [-0.39, 0.29) is 0 Å². The molecule has 5 nitrogen and oxygen atoms in total. The Bertz CT molecular complexity index is 640. The second-order valence-electron chi connectivity index (χ2n) is 5.57. The van der Waals surface area contributed by atoms with Crippen molar-refractivity contribution in [2.24, 2.45) is 0 Å². The van der Waals surface area contributed by atoms with Crippen LogP contribution in [0.25, 0.3) is 0 Å². The van der Waals surface area contributed by atoms with Gasteiger partial charge in [-0.3, -0.25) is 0 Å². The Morgan fingerprint density at radius 1 is 1.05 bits per heavy atom. The lowest BCUT2D eigenvalue weighted by Gasteiger charge is -2.24. The first kappa shape index (κ1) is 15.1. The third-order valence-electron chi connectivity index (χ3n) is 3.96. The van der Waals surface area contributed by atoms with Crippen molar-refractivity contribution < 1.29 is 0 Å². The molecular weight excluding hydrogens is 342 g/mol. The van der Waals surface area contributed by atoms with E-state index in [2.05, 4.69) is 36.5 Å². The molecule has 0 atom stereocenters. The first-order valence-corrected chi connectivity index (χ1v) is 8.42. The summed E-state index contributed by atoms with van der Waals surface area (Å²) in [6.45, 7) is 0. The molecule has 4 N–H and O–H groups in total. The van der Waals surface area contributed by atoms with Crippen LogP contribution in [0.1, 0.15) is 32.1 Å². The maximum absolute atomic E-state index is 6.23. The lowest BCUT2D eigenvalue weighted by atomic mass is 9.95. The molecule has 116 valence electrons.